The standard InChI is InChI=1S/C18H23N/c1-4-18(2)16(12-17(18)19-3)15-10-9-13-7-5-6-8-14(13)11-15/h5-11,16-17,19H,4,12H2,1-3H3. The van der Waals surface area contributed by atoms with E-state index in [9.17, 15) is 0 Å². The average molecular weight is 253 g/mol. The molecule has 1 heteroatoms. The van der Waals surface area contributed by atoms with Crippen molar-refractivity contribution in [2.45, 2.75) is 38.6 Å². The smallest absolute Gasteiger partial charge is 0.0130 e. The minimum Gasteiger partial charge on any atom is -0.316 e. The largest absolute Gasteiger partial charge is 0.316 e. The first-order chi connectivity index (χ1) is 9.19. The lowest BCUT2D eigenvalue weighted by molar-refractivity contribution is 0.0496. The summed E-state index contributed by atoms with van der Waals surface area (Å²) < 4.78 is 0. The fourth-order valence-electron chi connectivity index (χ4n) is 3.74. The van der Waals surface area contributed by atoms with Gasteiger partial charge in [0.05, 0.1) is 0 Å². The van der Waals surface area contributed by atoms with Gasteiger partial charge in [0.15, 0.2) is 0 Å². The second-order valence-electron chi connectivity index (χ2n) is 6.10. The summed E-state index contributed by atoms with van der Waals surface area (Å²) >= 11 is 0. The molecule has 2 aromatic carbocycles. The van der Waals surface area contributed by atoms with E-state index in [0.717, 1.165) is 0 Å². The topological polar surface area (TPSA) is 12.0 Å². The highest BCUT2D eigenvalue weighted by atomic mass is 14.9. The van der Waals surface area contributed by atoms with E-state index in [0.29, 0.717) is 17.4 Å². The van der Waals surface area contributed by atoms with E-state index in [1.54, 1.807) is 0 Å². The first kappa shape index (κ1) is 12.7. The highest BCUT2D eigenvalue weighted by molar-refractivity contribution is 5.83. The van der Waals surface area contributed by atoms with Crippen LogP contribution in [0.2, 0.25) is 0 Å². The fraction of sp³-hybridized carbons (Fsp3) is 0.444. The molecule has 19 heavy (non-hydrogen) atoms. The zero-order valence-corrected chi connectivity index (χ0v) is 12.1. The summed E-state index contributed by atoms with van der Waals surface area (Å²) in [7, 11) is 2.09. The lowest BCUT2D eigenvalue weighted by atomic mass is 9.54. The summed E-state index contributed by atoms with van der Waals surface area (Å²) in [6, 6.07) is 16.3. The second kappa shape index (κ2) is 4.64. The Balaban J connectivity index is 1.97. The van der Waals surface area contributed by atoms with Crippen LogP contribution >= 0.6 is 0 Å². The predicted molar refractivity (Wildman–Crippen MR) is 82.6 cm³/mol. The molecule has 2 aromatic rings. The van der Waals surface area contributed by atoms with Crippen LogP contribution in [0.3, 0.4) is 0 Å². The number of fused-ring (bicyclic) bond motifs is 1. The van der Waals surface area contributed by atoms with Crippen molar-refractivity contribution >= 4 is 10.8 Å². The van der Waals surface area contributed by atoms with Crippen molar-refractivity contribution in [3.63, 3.8) is 0 Å². The molecule has 1 aliphatic rings. The number of benzene rings is 2. The number of hydrogen-bond acceptors (Lipinski definition) is 1. The number of nitrogens with one attached hydrogen (secondary N) is 1. The van der Waals surface area contributed by atoms with Crippen molar-refractivity contribution in [2.24, 2.45) is 5.41 Å². The zero-order valence-electron chi connectivity index (χ0n) is 12.1. The molecule has 1 saturated carbocycles. The molecule has 1 N–H and O–H groups in total. The van der Waals surface area contributed by atoms with Crippen LogP contribution in [0.4, 0.5) is 0 Å². The summed E-state index contributed by atoms with van der Waals surface area (Å²) in [5, 5.41) is 6.19. The Morgan fingerprint density at radius 3 is 2.58 bits per heavy atom. The minimum absolute atomic E-state index is 0.400. The average Bonchev–Trinajstić information content (AvgIpc) is 2.45. The van der Waals surface area contributed by atoms with Crippen LogP contribution in [0.15, 0.2) is 42.5 Å². The third-order valence-corrected chi connectivity index (χ3v) is 5.35. The van der Waals surface area contributed by atoms with Gasteiger partial charge >= 0.3 is 0 Å². The summed E-state index contributed by atoms with van der Waals surface area (Å²) in [4.78, 5) is 0. The van der Waals surface area contributed by atoms with Gasteiger partial charge in [-0.25, -0.2) is 0 Å². The molecule has 0 saturated heterocycles. The van der Waals surface area contributed by atoms with Gasteiger partial charge in [0.25, 0.3) is 0 Å². The van der Waals surface area contributed by atoms with E-state index in [4.69, 9.17) is 0 Å². The molecule has 0 spiro atoms. The molecule has 0 bridgehead atoms. The van der Waals surface area contributed by atoms with Gasteiger partial charge < -0.3 is 5.32 Å². The summed E-state index contributed by atoms with van der Waals surface area (Å²) in [6.45, 7) is 4.75. The van der Waals surface area contributed by atoms with Gasteiger partial charge in [-0.15, -0.1) is 0 Å². The van der Waals surface area contributed by atoms with Crippen molar-refractivity contribution in [2.75, 3.05) is 7.05 Å². The summed E-state index contributed by atoms with van der Waals surface area (Å²) in [5.74, 6) is 0.694. The molecule has 3 atom stereocenters. The zero-order chi connectivity index (χ0) is 13.5. The summed E-state index contributed by atoms with van der Waals surface area (Å²) in [5.41, 5.74) is 1.91. The van der Waals surface area contributed by atoms with Gasteiger partial charge in [-0.2, -0.15) is 0 Å². The van der Waals surface area contributed by atoms with E-state index in [1.165, 1.54) is 29.2 Å². The van der Waals surface area contributed by atoms with Crippen LogP contribution in [-0.2, 0) is 0 Å². The molecule has 3 unspecified atom stereocenters. The van der Waals surface area contributed by atoms with Crippen LogP contribution < -0.4 is 5.32 Å². The third kappa shape index (κ3) is 1.88. The Kier molecular flexibility index (Phi) is 3.10. The highest BCUT2D eigenvalue weighted by Crippen LogP contribution is 2.54. The van der Waals surface area contributed by atoms with E-state index >= 15 is 0 Å². The maximum Gasteiger partial charge on any atom is 0.0130 e. The maximum atomic E-state index is 3.48. The lowest BCUT2D eigenvalue weighted by Crippen LogP contribution is -2.55. The normalized spacial score (nSPS) is 30.3. The van der Waals surface area contributed by atoms with Gasteiger partial charge in [-0.3, -0.25) is 0 Å². The molecule has 0 heterocycles. The van der Waals surface area contributed by atoms with E-state index in [2.05, 4.69) is 68.7 Å². The van der Waals surface area contributed by atoms with Gasteiger partial charge in [0.2, 0.25) is 0 Å². The molecule has 1 nitrogen and oxygen atoms in total. The molecule has 3 rings (SSSR count). The van der Waals surface area contributed by atoms with E-state index in [-0.39, 0.29) is 0 Å². The van der Waals surface area contributed by atoms with Crippen molar-refractivity contribution in [3.05, 3.63) is 48.0 Å². The first-order valence-corrected chi connectivity index (χ1v) is 7.35. The molecule has 0 radical (unpaired) electrons. The molecular weight excluding hydrogens is 230 g/mol. The van der Waals surface area contributed by atoms with Gasteiger partial charge in [0.1, 0.15) is 0 Å². The molecule has 1 aliphatic carbocycles. The van der Waals surface area contributed by atoms with Crippen LogP contribution in [0.5, 0.6) is 0 Å². The first-order valence-electron chi connectivity index (χ1n) is 7.35. The van der Waals surface area contributed by atoms with Crippen molar-refractivity contribution in [1.82, 2.24) is 5.32 Å². The minimum atomic E-state index is 0.400. The Morgan fingerprint density at radius 1 is 1.16 bits per heavy atom. The van der Waals surface area contributed by atoms with Crippen LogP contribution in [0.25, 0.3) is 10.8 Å². The lowest BCUT2D eigenvalue weighted by Gasteiger charge is -2.54. The van der Waals surface area contributed by atoms with Crippen molar-refractivity contribution < 1.29 is 0 Å². The van der Waals surface area contributed by atoms with Gasteiger partial charge in [0, 0.05) is 6.04 Å². The number of hydrogen-bond donors (Lipinski definition) is 1. The van der Waals surface area contributed by atoms with Crippen molar-refractivity contribution in [3.8, 4) is 0 Å². The monoisotopic (exact) mass is 253 g/mol. The van der Waals surface area contributed by atoms with E-state index < -0.39 is 0 Å². The second-order valence-corrected chi connectivity index (χ2v) is 6.10. The molecule has 0 aromatic heterocycles. The SMILES string of the molecule is CCC1(C)C(NC)CC1c1ccc2ccccc2c1. The van der Waals surface area contributed by atoms with Crippen molar-refractivity contribution in [1.29, 1.82) is 0 Å². The molecule has 0 aliphatic heterocycles. The molecule has 0 amide bonds. The molecule has 1 fully saturated rings. The van der Waals surface area contributed by atoms with E-state index in [1.807, 2.05) is 0 Å². The maximum absolute atomic E-state index is 3.48. The van der Waals surface area contributed by atoms with Gasteiger partial charge in [-0.05, 0) is 47.6 Å². The molecule has 100 valence electrons. The Bertz CT molecular complexity index is 589. The summed E-state index contributed by atoms with van der Waals surface area (Å²) in [6.07, 6.45) is 2.50. The number of rotatable bonds is 3. The van der Waals surface area contributed by atoms with Crippen LogP contribution in [0, 0.1) is 5.41 Å². The quantitative estimate of drug-likeness (QED) is 0.858. The van der Waals surface area contributed by atoms with Crippen LogP contribution in [0.1, 0.15) is 38.2 Å². The Hall–Kier alpha value is -1.34. The third-order valence-electron chi connectivity index (χ3n) is 5.35. The van der Waals surface area contributed by atoms with Gasteiger partial charge in [-0.1, -0.05) is 56.3 Å². The Morgan fingerprint density at radius 2 is 1.89 bits per heavy atom. The van der Waals surface area contributed by atoms with Crippen LogP contribution in [-0.4, -0.2) is 13.1 Å². The molecular formula is C18H23N. The fourth-order valence-corrected chi connectivity index (χ4v) is 3.74. The Labute approximate surface area is 116 Å². The predicted octanol–water partition coefficient (Wildman–Crippen LogP) is 4.33. The highest BCUT2D eigenvalue weighted by Gasteiger charge is 2.49.